The van der Waals surface area contributed by atoms with Gasteiger partial charge < -0.3 is 9.73 Å². The minimum atomic E-state index is -0.277. The first kappa shape index (κ1) is 12.7. The zero-order chi connectivity index (χ0) is 13.8. The van der Waals surface area contributed by atoms with Gasteiger partial charge in [-0.3, -0.25) is 4.79 Å². The fourth-order valence-corrected chi connectivity index (χ4v) is 2.66. The molecule has 3 nitrogen and oxygen atoms in total. The number of amides is 1. The van der Waals surface area contributed by atoms with Crippen LogP contribution in [0.2, 0.25) is 0 Å². The second-order valence-electron chi connectivity index (χ2n) is 4.31. The molecule has 2 heterocycles. The molecule has 20 heavy (non-hydrogen) atoms. The maximum atomic E-state index is 12.2. The van der Waals surface area contributed by atoms with E-state index in [1.54, 1.807) is 6.26 Å². The minimum absolute atomic E-state index is 0.0924. The molecular formula is C16H13NO2S. The first-order chi connectivity index (χ1) is 9.84. The molecule has 100 valence electrons. The second-order valence-corrected chi connectivity index (χ2v) is 5.26. The van der Waals surface area contributed by atoms with Gasteiger partial charge >= 0.3 is 0 Å². The summed E-state index contributed by atoms with van der Waals surface area (Å²) in [6.07, 6.45) is 1.61. The number of hydrogen-bond donors (Lipinski definition) is 1. The first-order valence-electron chi connectivity index (χ1n) is 6.27. The minimum Gasteiger partial charge on any atom is -0.467 e. The molecule has 0 aliphatic rings. The van der Waals surface area contributed by atoms with E-state index in [1.165, 1.54) is 11.3 Å². The highest BCUT2D eigenvalue weighted by atomic mass is 32.1. The van der Waals surface area contributed by atoms with E-state index in [1.807, 2.05) is 60.0 Å². The molecule has 0 saturated heterocycles. The summed E-state index contributed by atoms with van der Waals surface area (Å²) in [6.45, 7) is 0. The summed E-state index contributed by atoms with van der Waals surface area (Å²) in [4.78, 5) is 12.9. The van der Waals surface area contributed by atoms with Crippen molar-refractivity contribution in [2.75, 3.05) is 0 Å². The Labute approximate surface area is 120 Å². The Bertz CT molecular complexity index is 660. The van der Waals surface area contributed by atoms with Crippen LogP contribution in [0.5, 0.6) is 0 Å². The van der Waals surface area contributed by atoms with E-state index in [9.17, 15) is 4.79 Å². The Kier molecular flexibility index (Phi) is 3.65. The van der Waals surface area contributed by atoms with Gasteiger partial charge in [-0.15, -0.1) is 11.3 Å². The van der Waals surface area contributed by atoms with Crippen LogP contribution in [-0.4, -0.2) is 5.91 Å². The summed E-state index contributed by atoms with van der Waals surface area (Å²) < 4.78 is 5.46. The number of rotatable bonds is 4. The van der Waals surface area contributed by atoms with Gasteiger partial charge in [0.15, 0.2) is 0 Å². The highest BCUT2D eigenvalue weighted by Crippen LogP contribution is 2.23. The number of carbonyl (C=O) groups is 1. The van der Waals surface area contributed by atoms with Gasteiger partial charge in [0.25, 0.3) is 5.91 Å². The predicted octanol–water partition coefficient (Wildman–Crippen LogP) is 3.86. The van der Waals surface area contributed by atoms with Crippen LogP contribution in [0.3, 0.4) is 0 Å². The van der Waals surface area contributed by atoms with Gasteiger partial charge in [-0.2, -0.15) is 0 Å². The molecule has 1 aromatic carbocycles. The van der Waals surface area contributed by atoms with E-state index in [0.717, 1.165) is 11.3 Å². The van der Waals surface area contributed by atoms with Gasteiger partial charge in [0, 0.05) is 0 Å². The molecule has 1 amide bonds. The Morgan fingerprint density at radius 3 is 2.55 bits per heavy atom. The Balaban J connectivity index is 1.89. The molecular weight excluding hydrogens is 270 g/mol. The van der Waals surface area contributed by atoms with Crippen LogP contribution in [0, 0.1) is 0 Å². The van der Waals surface area contributed by atoms with Crippen LogP contribution in [0.15, 0.2) is 70.7 Å². The fourth-order valence-electron chi connectivity index (χ4n) is 2.03. The molecule has 2 aromatic heterocycles. The van der Waals surface area contributed by atoms with E-state index >= 15 is 0 Å². The molecule has 0 spiro atoms. The smallest absolute Gasteiger partial charge is 0.262 e. The second kappa shape index (κ2) is 5.75. The van der Waals surface area contributed by atoms with E-state index in [4.69, 9.17) is 4.42 Å². The number of nitrogens with one attached hydrogen (secondary N) is 1. The Morgan fingerprint density at radius 1 is 1.05 bits per heavy atom. The lowest BCUT2D eigenvalue weighted by atomic mass is 10.0. The van der Waals surface area contributed by atoms with Crippen molar-refractivity contribution in [2.24, 2.45) is 0 Å². The molecule has 0 aliphatic carbocycles. The van der Waals surface area contributed by atoms with Crippen molar-refractivity contribution in [2.45, 2.75) is 6.04 Å². The summed E-state index contributed by atoms with van der Waals surface area (Å²) in [5.41, 5.74) is 0.993. The third kappa shape index (κ3) is 2.65. The lowest BCUT2D eigenvalue weighted by Crippen LogP contribution is -2.28. The number of thiophene rings is 1. The molecule has 1 unspecified atom stereocenters. The zero-order valence-electron chi connectivity index (χ0n) is 10.7. The van der Waals surface area contributed by atoms with E-state index in [-0.39, 0.29) is 11.9 Å². The lowest BCUT2D eigenvalue weighted by molar-refractivity contribution is 0.0943. The molecule has 0 saturated carbocycles. The number of hydrogen-bond acceptors (Lipinski definition) is 3. The van der Waals surface area contributed by atoms with Crippen LogP contribution in [-0.2, 0) is 0 Å². The highest BCUT2D eigenvalue weighted by Gasteiger charge is 2.20. The predicted molar refractivity (Wildman–Crippen MR) is 78.8 cm³/mol. The highest BCUT2D eigenvalue weighted by molar-refractivity contribution is 7.12. The maximum Gasteiger partial charge on any atom is 0.262 e. The number of furan rings is 1. The fraction of sp³-hybridized carbons (Fsp3) is 0.0625. The van der Waals surface area contributed by atoms with Crippen molar-refractivity contribution in [3.63, 3.8) is 0 Å². The molecule has 0 aliphatic heterocycles. The van der Waals surface area contributed by atoms with E-state index < -0.39 is 0 Å². The Hall–Kier alpha value is -2.33. The van der Waals surface area contributed by atoms with Crippen molar-refractivity contribution >= 4 is 17.2 Å². The summed E-state index contributed by atoms with van der Waals surface area (Å²) in [7, 11) is 0. The summed E-state index contributed by atoms with van der Waals surface area (Å²) in [6, 6.07) is 16.9. The van der Waals surface area contributed by atoms with Crippen LogP contribution >= 0.6 is 11.3 Å². The van der Waals surface area contributed by atoms with Crippen molar-refractivity contribution in [3.05, 3.63) is 82.4 Å². The largest absolute Gasteiger partial charge is 0.467 e. The van der Waals surface area contributed by atoms with Gasteiger partial charge in [0.1, 0.15) is 11.8 Å². The monoisotopic (exact) mass is 283 g/mol. The average Bonchev–Trinajstić information content (AvgIpc) is 3.18. The summed E-state index contributed by atoms with van der Waals surface area (Å²) >= 11 is 1.42. The third-order valence-electron chi connectivity index (χ3n) is 2.98. The SMILES string of the molecule is O=C(NC(c1ccccc1)c1ccco1)c1cccs1. The summed E-state index contributed by atoms with van der Waals surface area (Å²) in [5, 5.41) is 4.90. The van der Waals surface area contributed by atoms with Crippen molar-refractivity contribution < 1.29 is 9.21 Å². The first-order valence-corrected chi connectivity index (χ1v) is 7.15. The molecule has 1 atom stereocenters. The van der Waals surface area contributed by atoms with Crippen molar-refractivity contribution in [3.8, 4) is 0 Å². The van der Waals surface area contributed by atoms with Gasteiger partial charge in [-0.1, -0.05) is 36.4 Å². The molecule has 3 rings (SSSR count). The lowest BCUT2D eigenvalue weighted by Gasteiger charge is -2.16. The number of carbonyl (C=O) groups excluding carboxylic acids is 1. The van der Waals surface area contributed by atoms with E-state index in [0.29, 0.717) is 4.88 Å². The molecule has 4 heteroatoms. The molecule has 0 radical (unpaired) electrons. The molecule has 1 N–H and O–H groups in total. The van der Waals surface area contributed by atoms with Gasteiger partial charge in [0.2, 0.25) is 0 Å². The maximum absolute atomic E-state index is 12.2. The van der Waals surface area contributed by atoms with Gasteiger partial charge in [-0.25, -0.2) is 0 Å². The van der Waals surface area contributed by atoms with Crippen LogP contribution in [0.25, 0.3) is 0 Å². The zero-order valence-corrected chi connectivity index (χ0v) is 11.5. The topological polar surface area (TPSA) is 42.2 Å². The standard InChI is InChI=1S/C16H13NO2S/c18-16(14-9-5-11-20-14)17-15(13-8-4-10-19-13)12-6-2-1-3-7-12/h1-11,15H,(H,17,18). The normalized spacial score (nSPS) is 12.0. The average molecular weight is 283 g/mol. The summed E-state index contributed by atoms with van der Waals surface area (Å²) in [5.74, 6) is 0.631. The quantitative estimate of drug-likeness (QED) is 0.790. The Morgan fingerprint density at radius 2 is 1.90 bits per heavy atom. The van der Waals surface area contributed by atoms with Crippen molar-refractivity contribution in [1.82, 2.24) is 5.32 Å². The van der Waals surface area contributed by atoms with Crippen LogP contribution in [0.4, 0.5) is 0 Å². The third-order valence-corrected chi connectivity index (χ3v) is 3.85. The number of benzene rings is 1. The molecule has 3 aromatic rings. The van der Waals surface area contributed by atoms with Gasteiger partial charge in [0.05, 0.1) is 11.1 Å². The van der Waals surface area contributed by atoms with Crippen LogP contribution in [0.1, 0.15) is 27.0 Å². The van der Waals surface area contributed by atoms with Crippen molar-refractivity contribution in [1.29, 1.82) is 0 Å². The molecule has 0 bridgehead atoms. The molecule has 0 fully saturated rings. The van der Waals surface area contributed by atoms with Gasteiger partial charge in [-0.05, 0) is 29.1 Å². The van der Waals surface area contributed by atoms with E-state index in [2.05, 4.69) is 5.32 Å². The van der Waals surface area contributed by atoms with Crippen LogP contribution < -0.4 is 5.32 Å².